The van der Waals surface area contributed by atoms with Crippen LogP contribution in [0.15, 0.2) is 41.0 Å². The molecule has 0 aliphatic carbocycles. The summed E-state index contributed by atoms with van der Waals surface area (Å²) in [6, 6.07) is 9.84. The van der Waals surface area contributed by atoms with Crippen molar-refractivity contribution in [2.45, 2.75) is 27.4 Å². The Balaban J connectivity index is 0.000000165. The third kappa shape index (κ3) is 3.55. The minimum atomic E-state index is -0.00694. The van der Waals surface area contributed by atoms with Gasteiger partial charge in [-0.05, 0) is 49.6 Å². The molecule has 1 aromatic heterocycles. The third-order valence-electron chi connectivity index (χ3n) is 2.61. The van der Waals surface area contributed by atoms with Crippen LogP contribution in [0, 0.1) is 20.8 Å². The van der Waals surface area contributed by atoms with Gasteiger partial charge < -0.3 is 9.52 Å². The van der Waals surface area contributed by atoms with Gasteiger partial charge in [0.1, 0.15) is 12.4 Å². The zero-order valence-corrected chi connectivity index (χ0v) is 10.0. The maximum absolute atomic E-state index is 8.33. The molecular formula is C14H18O2. The van der Waals surface area contributed by atoms with Crippen molar-refractivity contribution in [1.82, 2.24) is 0 Å². The molecule has 2 heteroatoms. The largest absolute Gasteiger partial charge is 0.467 e. The number of furan rings is 1. The molecule has 0 bridgehead atoms. The molecule has 0 aliphatic rings. The highest BCUT2D eigenvalue weighted by Gasteiger charge is 1.91. The number of aliphatic hydroxyl groups excluding tert-OH is 1. The zero-order chi connectivity index (χ0) is 12.0. The number of aliphatic hydroxyl groups is 1. The van der Waals surface area contributed by atoms with Crippen molar-refractivity contribution >= 4 is 0 Å². The van der Waals surface area contributed by atoms with Crippen LogP contribution in [0.4, 0.5) is 0 Å². The Bertz CT molecular complexity index is 396. The Morgan fingerprint density at radius 3 is 1.94 bits per heavy atom. The monoisotopic (exact) mass is 218 g/mol. The van der Waals surface area contributed by atoms with Crippen molar-refractivity contribution in [3.8, 4) is 0 Å². The van der Waals surface area contributed by atoms with Gasteiger partial charge in [0.05, 0.1) is 6.26 Å². The molecule has 0 aliphatic heterocycles. The predicted molar refractivity (Wildman–Crippen MR) is 65.3 cm³/mol. The van der Waals surface area contributed by atoms with Crippen LogP contribution in [0.2, 0.25) is 0 Å². The molecule has 0 saturated carbocycles. The summed E-state index contributed by atoms with van der Waals surface area (Å²) in [6.45, 7) is 6.43. The van der Waals surface area contributed by atoms with E-state index >= 15 is 0 Å². The molecule has 0 unspecified atom stereocenters. The average Bonchev–Trinajstić information content (AvgIpc) is 2.79. The molecule has 2 nitrogen and oxygen atoms in total. The quantitative estimate of drug-likeness (QED) is 0.796. The summed E-state index contributed by atoms with van der Waals surface area (Å²) in [5, 5.41) is 8.33. The minimum Gasteiger partial charge on any atom is -0.467 e. The fraction of sp³-hybridized carbons (Fsp3) is 0.286. The van der Waals surface area contributed by atoms with E-state index in [0.717, 1.165) is 0 Å². The summed E-state index contributed by atoms with van der Waals surface area (Å²) in [6.07, 6.45) is 1.53. The van der Waals surface area contributed by atoms with E-state index in [4.69, 9.17) is 9.52 Å². The summed E-state index contributed by atoms with van der Waals surface area (Å²) < 4.78 is 4.73. The van der Waals surface area contributed by atoms with E-state index in [9.17, 15) is 0 Å². The highest BCUT2D eigenvalue weighted by atomic mass is 16.4. The smallest absolute Gasteiger partial charge is 0.129 e. The molecule has 0 fully saturated rings. The topological polar surface area (TPSA) is 33.4 Å². The fourth-order valence-corrected chi connectivity index (χ4v) is 1.30. The highest BCUT2D eigenvalue weighted by Crippen LogP contribution is 2.09. The van der Waals surface area contributed by atoms with Crippen molar-refractivity contribution < 1.29 is 9.52 Å². The summed E-state index contributed by atoms with van der Waals surface area (Å²) in [5.41, 5.74) is 4.18. The second-order valence-electron chi connectivity index (χ2n) is 3.75. The molecule has 0 amide bonds. The number of hydrogen-bond donors (Lipinski definition) is 1. The van der Waals surface area contributed by atoms with Gasteiger partial charge in [0.15, 0.2) is 0 Å². The Labute approximate surface area is 96.5 Å². The third-order valence-corrected chi connectivity index (χ3v) is 2.61. The molecule has 1 N–H and O–H groups in total. The molecule has 1 aromatic carbocycles. The van der Waals surface area contributed by atoms with E-state index in [1.54, 1.807) is 12.1 Å². The first kappa shape index (κ1) is 12.5. The standard InChI is InChI=1S/C9H12.C5H6O2/c1-7-5-4-6-8(2)9(7)3;6-4-5-2-1-3-7-5/h4-6H,1-3H3;1-3,6H,4H2. The molecule has 0 atom stereocenters. The van der Waals surface area contributed by atoms with E-state index in [-0.39, 0.29) is 6.61 Å². The van der Waals surface area contributed by atoms with E-state index in [1.165, 1.54) is 23.0 Å². The molecule has 2 aromatic rings. The SMILES string of the molecule is Cc1cccc(C)c1C.OCc1ccco1. The fourth-order valence-electron chi connectivity index (χ4n) is 1.30. The molecule has 0 spiro atoms. The van der Waals surface area contributed by atoms with Crippen molar-refractivity contribution in [2.24, 2.45) is 0 Å². The van der Waals surface area contributed by atoms with Crippen LogP contribution in [0.3, 0.4) is 0 Å². The Morgan fingerprint density at radius 2 is 1.62 bits per heavy atom. The van der Waals surface area contributed by atoms with Gasteiger partial charge in [0.25, 0.3) is 0 Å². The second kappa shape index (κ2) is 6.13. The normalized spacial score (nSPS) is 9.50. The molecule has 0 radical (unpaired) electrons. The van der Waals surface area contributed by atoms with E-state index < -0.39 is 0 Å². The first-order valence-electron chi connectivity index (χ1n) is 5.31. The predicted octanol–water partition coefficient (Wildman–Crippen LogP) is 3.38. The number of aryl methyl sites for hydroxylation is 2. The van der Waals surface area contributed by atoms with Crippen LogP contribution in [0.5, 0.6) is 0 Å². The first-order chi connectivity index (χ1) is 7.65. The van der Waals surface area contributed by atoms with Gasteiger partial charge in [0, 0.05) is 0 Å². The van der Waals surface area contributed by atoms with Gasteiger partial charge in [-0.1, -0.05) is 18.2 Å². The van der Waals surface area contributed by atoms with Crippen molar-refractivity contribution in [1.29, 1.82) is 0 Å². The Hall–Kier alpha value is -1.54. The highest BCUT2D eigenvalue weighted by molar-refractivity contribution is 5.31. The van der Waals surface area contributed by atoms with Crippen molar-refractivity contribution in [2.75, 3.05) is 0 Å². The second-order valence-corrected chi connectivity index (χ2v) is 3.75. The van der Waals surface area contributed by atoms with E-state index in [2.05, 4.69) is 39.0 Å². The maximum atomic E-state index is 8.33. The van der Waals surface area contributed by atoms with Crippen molar-refractivity contribution in [3.63, 3.8) is 0 Å². The number of hydrogen-bond acceptors (Lipinski definition) is 2. The Kier molecular flexibility index (Phi) is 4.80. The van der Waals surface area contributed by atoms with Gasteiger partial charge in [-0.3, -0.25) is 0 Å². The van der Waals surface area contributed by atoms with Gasteiger partial charge in [-0.15, -0.1) is 0 Å². The lowest BCUT2D eigenvalue weighted by Crippen LogP contribution is -1.82. The maximum Gasteiger partial charge on any atom is 0.129 e. The first-order valence-corrected chi connectivity index (χ1v) is 5.31. The summed E-state index contributed by atoms with van der Waals surface area (Å²) in [5.74, 6) is 0.611. The molecular weight excluding hydrogens is 200 g/mol. The average molecular weight is 218 g/mol. The van der Waals surface area contributed by atoms with Crippen LogP contribution < -0.4 is 0 Å². The lowest BCUT2D eigenvalue weighted by atomic mass is 10.1. The van der Waals surface area contributed by atoms with Crippen LogP contribution in [0.1, 0.15) is 22.5 Å². The summed E-state index contributed by atoms with van der Waals surface area (Å²) >= 11 is 0. The molecule has 0 saturated heterocycles. The van der Waals surface area contributed by atoms with Crippen LogP contribution in [0.25, 0.3) is 0 Å². The van der Waals surface area contributed by atoms with E-state index in [0.29, 0.717) is 5.76 Å². The molecule has 16 heavy (non-hydrogen) atoms. The lowest BCUT2D eigenvalue weighted by molar-refractivity contribution is 0.247. The van der Waals surface area contributed by atoms with Gasteiger partial charge in [-0.25, -0.2) is 0 Å². The lowest BCUT2D eigenvalue weighted by Gasteiger charge is -2.00. The minimum absolute atomic E-state index is 0.00694. The summed E-state index contributed by atoms with van der Waals surface area (Å²) in [7, 11) is 0. The van der Waals surface area contributed by atoms with Crippen LogP contribution in [-0.4, -0.2) is 5.11 Å². The number of benzene rings is 1. The number of rotatable bonds is 1. The van der Waals surface area contributed by atoms with Gasteiger partial charge in [0.2, 0.25) is 0 Å². The van der Waals surface area contributed by atoms with Gasteiger partial charge >= 0.3 is 0 Å². The molecule has 2 rings (SSSR count). The molecule has 1 heterocycles. The van der Waals surface area contributed by atoms with Crippen LogP contribution >= 0.6 is 0 Å². The zero-order valence-electron chi connectivity index (χ0n) is 10.0. The summed E-state index contributed by atoms with van der Waals surface area (Å²) in [4.78, 5) is 0. The molecule has 86 valence electrons. The van der Waals surface area contributed by atoms with Crippen LogP contribution in [-0.2, 0) is 6.61 Å². The van der Waals surface area contributed by atoms with Gasteiger partial charge in [-0.2, -0.15) is 0 Å². The van der Waals surface area contributed by atoms with Crippen molar-refractivity contribution in [3.05, 3.63) is 59.0 Å². The van der Waals surface area contributed by atoms with E-state index in [1.807, 2.05) is 0 Å². The Morgan fingerprint density at radius 1 is 1.00 bits per heavy atom.